The highest BCUT2D eigenvalue weighted by Gasteiger charge is 2.30. The third kappa shape index (κ3) is 2.91. The van der Waals surface area contributed by atoms with Gasteiger partial charge in [-0.2, -0.15) is 11.8 Å². The Kier molecular flexibility index (Phi) is 3.72. The van der Waals surface area contributed by atoms with Crippen LogP contribution in [0.15, 0.2) is 12.1 Å². The number of rotatable bonds is 2. The summed E-state index contributed by atoms with van der Waals surface area (Å²) in [7, 11) is 0. The molecule has 1 saturated heterocycles. The fraction of sp³-hybridized carbons (Fsp3) is 0.545. The van der Waals surface area contributed by atoms with Gasteiger partial charge >= 0.3 is 0 Å². The van der Waals surface area contributed by atoms with Crippen LogP contribution in [0.25, 0.3) is 0 Å². The molecule has 1 aliphatic rings. The van der Waals surface area contributed by atoms with Crippen molar-refractivity contribution in [2.24, 2.45) is 5.84 Å². The molecule has 1 fully saturated rings. The molecular formula is C11H17N5OS. The molecule has 7 heteroatoms. The molecule has 0 atom stereocenters. The minimum absolute atomic E-state index is 0.0700. The van der Waals surface area contributed by atoms with Crippen LogP contribution in [0, 0.1) is 0 Å². The summed E-state index contributed by atoms with van der Waals surface area (Å²) >= 11 is 1.89. The molecule has 0 unspecified atom stereocenters. The second-order valence-corrected chi connectivity index (χ2v) is 6.59. The molecule has 1 aromatic rings. The van der Waals surface area contributed by atoms with Gasteiger partial charge in [-0.25, -0.2) is 5.84 Å². The Morgan fingerprint density at radius 2 is 2.28 bits per heavy atom. The highest BCUT2D eigenvalue weighted by Crippen LogP contribution is 2.29. The molecule has 98 valence electrons. The minimum atomic E-state index is -0.0700. The predicted octanol–water partition coefficient (Wildman–Crippen LogP) is 0.730. The van der Waals surface area contributed by atoms with Gasteiger partial charge in [0, 0.05) is 23.6 Å². The molecule has 0 aliphatic carbocycles. The summed E-state index contributed by atoms with van der Waals surface area (Å²) in [6, 6.07) is 3.28. The van der Waals surface area contributed by atoms with Gasteiger partial charge in [-0.15, -0.1) is 10.2 Å². The van der Waals surface area contributed by atoms with Crippen molar-refractivity contribution in [3.8, 4) is 0 Å². The third-order valence-electron chi connectivity index (χ3n) is 2.74. The van der Waals surface area contributed by atoms with Crippen molar-refractivity contribution in [2.45, 2.75) is 18.6 Å². The maximum atomic E-state index is 12.2. The standard InChI is InChI=1S/C11H17N5OS/c1-11(2)7-16(5-6-18-11)10(17)8-3-4-9(13-12)15-14-8/h3-4H,5-7,12H2,1-2H3,(H,13,15). The van der Waals surface area contributed by atoms with Crippen LogP contribution in [0.3, 0.4) is 0 Å². The zero-order valence-electron chi connectivity index (χ0n) is 10.5. The number of nitrogens with two attached hydrogens (primary N) is 1. The van der Waals surface area contributed by atoms with E-state index in [0.717, 1.165) is 18.8 Å². The second kappa shape index (κ2) is 5.11. The lowest BCUT2D eigenvalue weighted by atomic mass is 10.1. The molecule has 0 saturated carbocycles. The van der Waals surface area contributed by atoms with E-state index in [0.29, 0.717) is 11.5 Å². The molecule has 0 spiro atoms. The summed E-state index contributed by atoms with van der Waals surface area (Å²) in [5.41, 5.74) is 2.74. The van der Waals surface area contributed by atoms with E-state index in [9.17, 15) is 4.79 Å². The van der Waals surface area contributed by atoms with Gasteiger partial charge in [-0.05, 0) is 26.0 Å². The Labute approximate surface area is 110 Å². The molecule has 6 nitrogen and oxygen atoms in total. The van der Waals surface area contributed by atoms with Gasteiger partial charge in [0.25, 0.3) is 5.91 Å². The number of nitrogens with one attached hydrogen (secondary N) is 1. The molecule has 18 heavy (non-hydrogen) atoms. The van der Waals surface area contributed by atoms with Crippen molar-refractivity contribution >= 4 is 23.5 Å². The monoisotopic (exact) mass is 267 g/mol. The number of anilines is 1. The van der Waals surface area contributed by atoms with Crippen molar-refractivity contribution < 1.29 is 4.79 Å². The normalized spacial score (nSPS) is 18.5. The van der Waals surface area contributed by atoms with E-state index in [4.69, 9.17) is 5.84 Å². The van der Waals surface area contributed by atoms with Crippen molar-refractivity contribution in [2.75, 3.05) is 24.3 Å². The fourth-order valence-electron chi connectivity index (χ4n) is 1.88. The zero-order valence-corrected chi connectivity index (χ0v) is 11.3. The van der Waals surface area contributed by atoms with Crippen molar-refractivity contribution in [1.29, 1.82) is 0 Å². The maximum absolute atomic E-state index is 12.2. The first-order valence-electron chi connectivity index (χ1n) is 5.75. The van der Waals surface area contributed by atoms with E-state index in [2.05, 4.69) is 29.5 Å². The fourth-order valence-corrected chi connectivity index (χ4v) is 2.99. The maximum Gasteiger partial charge on any atom is 0.274 e. The number of nitrogens with zero attached hydrogens (tertiary/aromatic N) is 3. The number of thioether (sulfide) groups is 1. The molecule has 2 heterocycles. The van der Waals surface area contributed by atoms with Crippen LogP contribution in [0.4, 0.5) is 5.82 Å². The van der Waals surface area contributed by atoms with Gasteiger partial charge in [0.1, 0.15) is 0 Å². The first-order chi connectivity index (χ1) is 8.52. The molecule has 0 aromatic carbocycles. The number of amides is 1. The van der Waals surface area contributed by atoms with E-state index in [1.54, 1.807) is 12.1 Å². The van der Waals surface area contributed by atoms with Crippen LogP contribution in [0.5, 0.6) is 0 Å². The highest BCUT2D eigenvalue weighted by atomic mass is 32.2. The van der Waals surface area contributed by atoms with Crippen molar-refractivity contribution in [1.82, 2.24) is 15.1 Å². The summed E-state index contributed by atoms with van der Waals surface area (Å²) in [5, 5.41) is 7.69. The Morgan fingerprint density at radius 3 is 2.83 bits per heavy atom. The predicted molar refractivity (Wildman–Crippen MR) is 72.3 cm³/mol. The summed E-state index contributed by atoms with van der Waals surface area (Å²) in [4.78, 5) is 14.1. The van der Waals surface area contributed by atoms with Crippen LogP contribution >= 0.6 is 11.8 Å². The van der Waals surface area contributed by atoms with Crippen molar-refractivity contribution in [3.05, 3.63) is 17.8 Å². The van der Waals surface area contributed by atoms with Gasteiger partial charge in [0.15, 0.2) is 11.5 Å². The third-order valence-corrected chi connectivity index (χ3v) is 4.04. The van der Waals surface area contributed by atoms with E-state index in [1.165, 1.54) is 0 Å². The lowest BCUT2D eigenvalue weighted by Crippen LogP contribution is -2.46. The van der Waals surface area contributed by atoms with Gasteiger partial charge in [0.2, 0.25) is 0 Å². The van der Waals surface area contributed by atoms with E-state index in [-0.39, 0.29) is 10.7 Å². The van der Waals surface area contributed by atoms with Gasteiger partial charge in [-0.1, -0.05) is 0 Å². The SMILES string of the molecule is CC1(C)CN(C(=O)c2ccc(NN)nn2)CCS1. The second-order valence-electron chi connectivity index (χ2n) is 4.78. The van der Waals surface area contributed by atoms with Crippen molar-refractivity contribution in [3.63, 3.8) is 0 Å². The van der Waals surface area contributed by atoms with Crippen LogP contribution in [-0.4, -0.2) is 44.6 Å². The molecule has 2 rings (SSSR count). The summed E-state index contributed by atoms with van der Waals surface area (Å²) in [5.74, 6) is 6.53. The Hall–Kier alpha value is -1.34. The van der Waals surface area contributed by atoms with Gasteiger partial charge in [0.05, 0.1) is 0 Å². The number of aromatic nitrogens is 2. The molecule has 1 aliphatic heterocycles. The summed E-state index contributed by atoms with van der Waals surface area (Å²) in [6.45, 7) is 5.77. The number of carbonyl (C=O) groups excluding carboxylic acids is 1. The zero-order chi connectivity index (χ0) is 13.2. The first kappa shape index (κ1) is 13.1. The summed E-state index contributed by atoms with van der Waals surface area (Å²) < 4.78 is 0.0973. The molecule has 1 amide bonds. The molecule has 0 radical (unpaired) electrons. The topological polar surface area (TPSA) is 84.1 Å². The van der Waals surface area contributed by atoms with Crippen LogP contribution < -0.4 is 11.3 Å². The lowest BCUT2D eigenvalue weighted by Gasteiger charge is -2.37. The number of hydrogen-bond acceptors (Lipinski definition) is 6. The van der Waals surface area contributed by atoms with Gasteiger partial charge < -0.3 is 10.3 Å². The molecule has 3 N–H and O–H groups in total. The van der Waals surface area contributed by atoms with E-state index in [1.807, 2.05) is 16.7 Å². The number of nitrogen functional groups attached to an aromatic ring is 1. The molecule has 0 bridgehead atoms. The van der Waals surface area contributed by atoms with E-state index < -0.39 is 0 Å². The smallest absolute Gasteiger partial charge is 0.274 e. The average Bonchev–Trinajstić information content (AvgIpc) is 2.37. The van der Waals surface area contributed by atoms with Crippen LogP contribution in [0.1, 0.15) is 24.3 Å². The Bertz CT molecular complexity index is 434. The number of carbonyl (C=O) groups is 1. The molecule has 1 aromatic heterocycles. The minimum Gasteiger partial charge on any atom is -0.335 e. The quantitative estimate of drug-likeness (QED) is 0.607. The molecular weight excluding hydrogens is 250 g/mol. The van der Waals surface area contributed by atoms with E-state index >= 15 is 0 Å². The largest absolute Gasteiger partial charge is 0.335 e. The number of hydrazine groups is 1. The van der Waals surface area contributed by atoms with Gasteiger partial charge in [-0.3, -0.25) is 4.79 Å². The number of hydrogen-bond donors (Lipinski definition) is 2. The first-order valence-corrected chi connectivity index (χ1v) is 6.74. The summed E-state index contributed by atoms with van der Waals surface area (Å²) in [6.07, 6.45) is 0. The lowest BCUT2D eigenvalue weighted by molar-refractivity contribution is 0.0741. The average molecular weight is 267 g/mol. The van der Waals surface area contributed by atoms with Crippen LogP contribution in [0.2, 0.25) is 0 Å². The van der Waals surface area contributed by atoms with Crippen LogP contribution in [-0.2, 0) is 0 Å². The Morgan fingerprint density at radius 1 is 1.50 bits per heavy atom. The highest BCUT2D eigenvalue weighted by molar-refractivity contribution is 8.00. The Balaban J connectivity index is 2.10.